The van der Waals surface area contributed by atoms with Crippen molar-refractivity contribution in [1.82, 2.24) is 0 Å². The average molecular weight is 263 g/mol. The molecule has 1 aromatic carbocycles. The summed E-state index contributed by atoms with van der Waals surface area (Å²) < 4.78 is 41.9. The molecule has 18 heavy (non-hydrogen) atoms. The van der Waals surface area contributed by atoms with E-state index >= 15 is 0 Å². The van der Waals surface area contributed by atoms with Gasteiger partial charge >= 0.3 is 12.1 Å². The molecule has 0 aliphatic carbocycles. The molecule has 0 saturated carbocycles. The van der Waals surface area contributed by atoms with E-state index in [0.717, 1.165) is 13.2 Å². The van der Waals surface area contributed by atoms with Gasteiger partial charge in [-0.05, 0) is 18.6 Å². The Morgan fingerprint density at radius 1 is 1.44 bits per heavy atom. The van der Waals surface area contributed by atoms with E-state index in [2.05, 4.69) is 4.74 Å². The second-order valence-electron chi connectivity index (χ2n) is 3.76. The summed E-state index contributed by atoms with van der Waals surface area (Å²) in [6.07, 6.45) is -4.71. The summed E-state index contributed by atoms with van der Waals surface area (Å²) in [6.45, 7) is 1.48. The number of alkyl halides is 3. The molecule has 0 unspecified atom stereocenters. The number of nitrogens with two attached hydrogens (primary N) is 1. The summed E-state index contributed by atoms with van der Waals surface area (Å²) in [5.74, 6) is -1.73. The Labute approximate surface area is 101 Å². The van der Waals surface area contributed by atoms with E-state index in [9.17, 15) is 23.1 Å². The molecule has 0 aromatic heterocycles. The van der Waals surface area contributed by atoms with Gasteiger partial charge in [0.15, 0.2) is 0 Å². The number of phenols is 1. The lowest BCUT2D eigenvalue weighted by molar-refractivity contribution is -0.149. The lowest BCUT2D eigenvalue weighted by Gasteiger charge is -2.18. The van der Waals surface area contributed by atoms with Gasteiger partial charge in [-0.3, -0.25) is 0 Å². The van der Waals surface area contributed by atoms with Crippen LogP contribution in [0, 0.1) is 6.92 Å². The predicted molar refractivity (Wildman–Crippen MR) is 57.2 cm³/mol. The average Bonchev–Trinajstić information content (AvgIpc) is 2.28. The third kappa shape index (κ3) is 2.73. The van der Waals surface area contributed by atoms with Gasteiger partial charge in [-0.25, -0.2) is 4.79 Å². The number of rotatable bonds is 2. The summed E-state index contributed by atoms with van der Waals surface area (Å²) in [5.41, 5.74) is 4.49. The Morgan fingerprint density at radius 3 is 2.44 bits per heavy atom. The van der Waals surface area contributed by atoms with Crippen LogP contribution in [0.2, 0.25) is 0 Å². The quantitative estimate of drug-likeness (QED) is 0.801. The second kappa shape index (κ2) is 4.85. The number of carbonyl (C=O) groups is 1. The summed E-state index contributed by atoms with van der Waals surface area (Å²) in [7, 11) is 1.06. The van der Waals surface area contributed by atoms with Crippen molar-refractivity contribution in [2.75, 3.05) is 7.11 Å². The molecule has 1 rings (SSSR count). The third-order valence-electron chi connectivity index (χ3n) is 2.38. The Kier molecular flexibility index (Phi) is 3.85. The highest BCUT2D eigenvalue weighted by atomic mass is 19.4. The van der Waals surface area contributed by atoms with Crippen molar-refractivity contribution in [3.63, 3.8) is 0 Å². The highest BCUT2D eigenvalue weighted by molar-refractivity contribution is 5.93. The molecule has 0 saturated heterocycles. The van der Waals surface area contributed by atoms with Crippen LogP contribution in [0.1, 0.15) is 27.5 Å². The molecule has 0 fully saturated rings. The molecule has 0 bridgehead atoms. The van der Waals surface area contributed by atoms with Gasteiger partial charge in [-0.1, -0.05) is 6.07 Å². The first kappa shape index (κ1) is 14.3. The third-order valence-corrected chi connectivity index (χ3v) is 2.38. The summed E-state index contributed by atoms with van der Waals surface area (Å²) in [5, 5.41) is 9.67. The fourth-order valence-electron chi connectivity index (χ4n) is 1.49. The molecule has 3 N–H and O–H groups in total. The monoisotopic (exact) mass is 263 g/mol. The molecule has 0 aliphatic heterocycles. The van der Waals surface area contributed by atoms with Crippen LogP contribution < -0.4 is 5.73 Å². The number of methoxy groups -OCH3 is 1. The van der Waals surface area contributed by atoms with Crippen molar-refractivity contribution >= 4 is 5.97 Å². The number of carbonyl (C=O) groups excluding carboxylic acids is 1. The van der Waals surface area contributed by atoms with Gasteiger partial charge in [0.25, 0.3) is 0 Å². The maximum Gasteiger partial charge on any atom is 0.407 e. The van der Waals surface area contributed by atoms with Crippen molar-refractivity contribution in [2.24, 2.45) is 5.73 Å². The maximum atomic E-state index is 12.5. The molecule has 0 heterocycles. The fourth-order valence-corrected chi connectivity index (χ4v) is 1.49. The van der Waals surface area contributed by atoms with Gasteiger partial charge in [0, 0.05) is 5.56 Å². The SMILES string of the molecule is COC(=O)c1cc(C)cc([C@@H](N)C(F)(F)F)c1O. The van der Waals surface area contributed by atoms with Crippen LogP contribution >= 0.6 is 0 Å². The number of phenolic OH excluding ortho intramolecular Hbond substituents is 1. The Balaban J connectivity index is 3.38. The van der Waals surface area contributed by atoms with Crippen LogP contribution in [-0.4, -0.2) is 24.4 Å². The molecular weight excluding hydrogens is 251 g/mol. The zero-order valence-electron chi connectivity index (χ0n) is 9.71. The predicted octanol–water partition coefficient (Wildman–Crippen LogP) is 2.05. The number of halogens is 3. The number of hydrogen-bond acceptors (Lipinski definition) is 4. The van der Waals surface area contributed by atoms with Gasteiger partial charge in [0.05, 0.1) is 7.11 Å². The van der Waals surface area contributed by atoms with Crippen molar-refractivity contribution in [1.29, 1.82) is 0 Å². The fraction of sp³-hybridized carbons (Fsp3) is 0.364. The van der Waals surface area contributed by atoms with Crippen LogP contribution in [0.25, 0.3) is 0 Å². The first-order valence-corrected chi connectivity index (χ1v) is 4.92. The van der Waals surface area contributed by atoms with Gasteiger partial charge in [0.2, 0.25) is 0 Å². The maximum absolute atomic E-state index is 12.5. The second-order valence-corrected chi connectivity index (χ2v) is 3.76. The molecule has 0 radical (unpaired) electrons. The van der Waals surface area contributed by atoms with E-state index in [-0.39, 0.29) is 5.56 Å². The van der Waals surface area contributed by atoms with Crippen LogP contribution in [0.4, 0.5) is 13.2 Å². The van der Waals surface area contributed by atoms with E-state index in [4.69, 9.17) is 5.73 Å². The molecule has 0 amide bonds. The van der Waals surface area contributed by atoms with Crippen molar-refractivity contribution in [3.05, 3.63) is 28.8 Å². The molecule has 7 heteroatoms. The number of aromatic hydroxyl groups is 1. The number of hydrogen-bond donors (Lipinski definition) is 2. The van der Waals surface area contributed by atoms with Crippen LogP contribution in [0.5, 0.6) is 5.75 Å². The topological polar surface area (TPSA) is 72.5 Å². The highest BCUT2D eigenvalue weighted by Crippen LogP contribution is 2.37. The summed E-state index contributed by atoms with van der Waals surface area (Å²) in [6, 6.07) is -0.0472. The van der Waals surface area contributed by atoms with Crippen LogP contribution in [0.3, 0.4) is 0 Å². The minimum atomic E-state index is -4.71. The first-order chi connectivity index (χ1) is 8.18. The largest absolute Gasteiger partial charge is 0.507 e. The first-order valence-electron chi connectivity index (χ1n) is 4.92. The van der Waals surface area contributed by atoms with Crippen molar-refractivity contribution < 1.29 is 27.8 Å². The molecule has 0 spiro atoms. The molecule has 100 valence electrons. The van der Waals surface area contributed by atoms with Crippen LogP contribution in [0.15, 0.2) is 12.1 Å². The van der Waals surface area contributed by atoms with Gasteiger partial charge in [0.1, 0.15) is 17.4 Å². The van der Waals surface area contributed by atoms with Crippen molar-refractivity contribution in [3.8, 4) is 5.75 Å². The number of benzene rings is 1. The molecular formula is C11H12F3NO3. The summed E-state index contributed by atoms with van der Waals surface area (Å²) >= 11 is 0. The number of ether oxygens (including phenoxy) is 1. The van der Waals surface area contributed by atoms with E-state index in [1.165, 1.54) is 13.0 Å². The highest BCUT2D eigenvalue weighted by Gasteiger charge is 2.40. The van der Waals surface area contributed by atoms with E-state index in [1.54, 1.807) is 0 Å². The number of esters is 1. The number of aryl methyl sites for hydroxylation is 1. The normalized spacial score (nSPS) is 13.2. The van der Waals surface area contributed by atoms with Gasteiger partial charge in [-0.2, -0.15) is 13.2 Å². The van der Waals surface area contributed by atoms with E-state index in [0.29, 0.717) is 5.56 Å². The minimum absolute atomic E-state index is 0.341. The standard InChI is InChI=1S/C11H12F3NO3/c1-5-3-6(9(15)11(12,13)14)8(16)7(4-5)10(17)18-2/h3-4,9,16H,15H2,1-2H3/t9-/m1/s1. The molecule has 1 aromatic rings. The molecule has 0 aliphatic rings. The van der Waals surface area contributed by atoms with Gasteiger partial charge in [-0.15, -0.1) is 0 Å². The molecule has 1 atom stereocenters. The van der Waals surface area contributed by atoms with Crippen molar-refractivity contribution in [2.45, 2.75) is 19.1 Å². The lowest BCUT2D eigenvalue weighted by Crippen LogP contribution is -2.29. The molecule has 4 nitrogen and oxygen atoms in total. The zero-order valence-corrected chi connectivity index (χ0v) is 9.71. The van der Waals surface area contributed by atoms with Gasteiger partial charge < -0.3 is 15.6 Å². The van der Waals surface area contributed by atoms with E-state index in [1.807, 2.05) is 0 Å². The lowest BCUT2D eigenvalue weighted by atomic mass is 9.99. The Hall–Kier alpha value is -1.76. The van der Waals surface area contributed by atoms with E-state index < -0.39 is 29.5 Å². The Morgan fingerprint density at radius 2 is 2.00 bits per heavy atom. The van der Waals surface area contributed by atoms with Crippen LogP contribution in [-0.2, 0) is 4.74 Å². The summed E-state index contributed by atoms with van der Waals surface area (Å²) in [4.78, 5) is 11.3. The smallest absolute Gasteiger partial charge is 0.407 e. The zero-order chi connectivity index (χ0) is 14.1. The Bertz CT molecular complexity index is 471. The minimum Gasteiger partial charge on any atom is -0.507 e.